The Labute approximate surface area is 194 Å². The highest BCUT2D eigenvalue weighted by Crippen LogP contribution is 2.44. The molecule has 0 atom stereocenters. The topological polar surface area (TPSA) is 57.7 Å². The van der Waals surface area contributed by atoms with Gasteiger partial charge >= 0.3 is 0 Å². The zero-order chi connectivity index (χ0) is 22.4. The van der Waals surface area contributed by atoms with Crippen LogP contribution < -0.4 is 15.1 Å². The van der Waals surface area contributed by atoms with Crippen molar-refractivity contribution < 1.29 is 13.9 Å². The number of ether oxygens (including phenoxy) is 1. The normalized spacial score (nSPS) is 22.1. The number of aromatic nitrogens is 1. The summed E-state index contributed by atoms with van der Waals surface area (Å²) in [5, 5.41) is 3.37. The number of halogens is 1. The Hall–Kier alpha value is -2.67. The van der Waals surface area contributed by atoms with E-state index in [2.05, 4.69) is 27.3 Å². The number of hydrogen-bond acceptors (Lipinski definition) is 5. The van der Waals surface area contributed by atoms with Crippen LogP contribution in [-0.2, 0) is 16.1 Å². The number of fused-ring (bicyclic) bond motifs is 2. The van der Waals surface area contributed by atoms with Crippen molar-refractivity contribution in [2.45, 2.75) is 51.5 Å². The van der Waals surface area contributed by atoms with Crippen molar-refractivity contribution in [2.24, 2.45) is 11.3 Å². The van der Waals surface area contributed by atoms with E-state index in [-0.39, 0.29) is 23.1 Å². The van der Waals surface area contributed by atoms with Crippen LogP contribution in [0.1, 0.15) is 50.5 Å². The van der Waals surface area contributed by atoms with Gasteiger partial charge in [0.05, 0.1) is 30.7 Å². The summed E-state index contributed by atoms with van der Waals surface area (Å²) in [6.45, 7) is 4.02. The predicted molar refractivity (Wildman–Crippen MR) is 126 cm³/mol. The van der Waals surface area contributed by atoms with Crippen LogP contribution in [0.2, 0.25) is 0 Å². The smallest absolute Gasteiger partial charge is 0.230 e. The molecule has 4 aliphatic rings. The van der Waals surface area contributed by atoms with E-state index >= 15 is 0 Å². The van der Waals surface area contributed by atoms with E-state index in [0.29, 0.717) is 17.9 Å². The monoisotopic (exact) mass is 450 g/mol. The molecule has 4 heterocycles. The highest BCUT2D eigenvalue weighted by Gasteiger charge is 2.44. The van der Waals surface area contributed by atoms with Gasteiger partial charge in [0.15, 0.2) is 0 Å². The number of rotatable bonds is 2. The Morgan fingerprint density at radius 2 is 2.00 bits per heavy atom. The van der Waals surface area contributed by atoms with Gasteiger partial charge in [-0.1, -0.05) is 19.3 Å². The number of amides is 1. The second-order valence-electron chi connectivity index (χ2n) is 10.3. The second kappa shape index (κ2) is 8.28. The third kappa shape index (κ3) is 3.86. The predicted octanol–water partition coefficient (Wildman–Crippen LogP) is 5.01. The SMILES string of the molecule is O=C(C1CCCCC1)N1Cc2cc(F)cnc2Nc2ccc(N3CC4(CCCOC4)C3)cc21. The molecule has 174 valence electrons. The van der Waals surface area contributed by atoms with Crippen LogP contribution in [-0.4, -0.2) is 37.2 Å². The van der Waals surface area contributed by atoms with Gasteiger partial charge in [0.1, 0.15) is 11.6 Å². The number of benzene rings is 1. The fourth-order valence-corrected chi connectivity index (χ4v) is 6.02. The van der Waals surface area contributed by atoms with Gasteiger partial charge in [0.25, 0.3) is 0 Å². The van der Waals surface area contributed by atoms with Gasteiger partial charge in [0, 0.05) is 42.3 Å². The van der Waals surface area contributed by atoms with E-state index in [0.717, 1.165) is 75.5 Å². The van der Waals surface area contributed by atoms with Crippen LogP contribution in [0.25, 0.3) is 0 Å². The minimum atomic E-state index is -0.382. The van der Waals surface area contributed by atoms with Crippen LogP contribution in [0.5, 0.6) is 0 Å². The average Bonchev–Trinajstić information content (AvgIpc) is 2.99. The molecule has 0 bridgehead atoms. The number of carbonyl (C=O) groups excluding carboxylic acids is 1. The Bertz CT molecular complexity index is 1050. The number of pyridine rings is 1. The first-order chi connectivity index (χ1) is 16.1. The standard InChI is InChI=1S/C26H31FN4O2/c27-20-11-19-14-31(25(32)18-5-2-1-3-6-18)23-12-21(7-8-22(23)29-24(19)28-13-20)30-15-26(16-30)9-4-10-33-17-26/h7-8,11-13,18H,1-6,9-10,14-17H2,(H,28,29). The van der Waals surface area contributed by atoms with Crippen molar-refractivity contribution in [2.75, 3.05) is 41.4 Å². The summed E-state index contributed by atoms with van der Waals surface area (Å²) in [6, 6.07) is 7.77. The molecule has 3 aliphatic heterocycles. The molecule has 3 fully saturated rings. The molecule has 1 N–H and O–H groups in total. The van der Waals surface area contributed by atoms with Gasteiger partial charge in [-0.15, -0.1) is 0 Å². The van der Waals surface area contributed by atoms with Crippen LogP contribution >= 0.6 is 0 Å². The lowest BCUT2D eigenvalue weighted by molar-refractivity contribution is -0.123. The van der Waals surface area contributed by atoms with Crippen LogP contribution in [0.4, 0.5) is 27.3 Å². The molecule has 1 saturated carbocycles. The summed E-state index contributed by atoms with van der Waals surface area (Å²) in [4.78, 5) is 22.3. The van der Waals surface area contributed by atoms with Crippen molar-refractivity contribution in [3.63, 3.8) is 0 Å². The minimum Gasteiger partial charge on any atom is -0.381 e. The molecular weight excluding hydrogens is 419 g/mol. The second-order valence-corrected chi connectivity index (χ2v) is 10.3. The Kier molecular flexibility index (Phi) is 5.24. The fourth-order valence-electron chi connectivity index (χ4n) is 6.02. The molecule has 7 heteroatoms. The van der Waals surface area contributed by atoms with Gasteiger partial charge < -0.3 is 19.9 Å². The first kappa shape index (κ1) is 20.9. The maximum absolute atomic E-state index is 14.0. The van der Waals surface area contributed by atoms with Crippen molar-refractivity contribution in [1.29, 1.82) is 0 Å². The highest BCUT2D eigenvalue weighted by molar-refractivity contribution is 6.00. The Balaban J connectivity index is 1.33. The minimum absolute atomic E-state index is 0.0324. The van der Waals surface area contributed by atoms with Crippen molar-refractivity contribution in [3.8, 4) is 0 Å². The van der Waals surface area contributed by atoms with Gasteiger partial charge in [-0.3, -0.25) is 4.79 Å². The summed E-state index contributed by atoms with van der Waals surface area (Å²) in [7, 11) is 0. The van der Waals surface area contributed by atoms with Gasteiger partial charge in [-0.05, 0) is 49.9 Å². The van der Waals surface area contributed by atoms with E-state index in [1.54, 1.807) is 0 Å². The maximum atomic E-state index is 14.0. The molecule has 0 unspecified atom stereocenters. The average molecular weight is 451 g/mol. The molecule has 1 amide bonds. The third-order valence-electron chi connectivity index (χ3n) is 7.83. The maximum Gasteiger partial charge on any atom is 0.230 e. The van der Waals surface area contributed by atoms with E-state index in [9.17, 15) is 9.18 Å². The van der Waals surface area contributed by atoms with E-state index in [4.69, 9.17) is 4.74 Å². The lowest BCUT2D eigenvalue weighted by Crippen LogP contribution is -2.60. The Morgan fingerprint density at radius 3 is 2.79 bits per heavy atom. The summed E-state index contributed by atoms with van der Waals surface area (Å²) < 4.78 is 19.8. The Morgan fingerprint density at radius 1 is 1.15 bits per heavy atom. The van der Waals surface area contributed by atoms with E-state index in [1.807, 2.05) is 11.0 Å². The molecule has 1 aromatic heterocycles. The van der Waals surface area contributed by atoms with Crippen molar-refractivity contribution in [1.82, 2.24) is 4.98 Å². The zero-order valence-corrected chi connectivity index (χ0v) is 19.0. The molecule has 33 heavy (non-hydrogen) atoms. The summed E-state index contributed by atoms with van der Waals surface area (Å²) in [5.41, 5.74) is 3.82. The highest BCUT2D eigenvalue weighted by atomic mass is 19.1. The van der Waals surface area contributed by atoms with Gasteiger partial charge in [-0.2, -0.15) is 0 Å². The molecule has 0 radical (unpaired) electrons. The summed E-state index contributed by atoms with van der Waals surface area (Å²) in [5.74, 6) is 0.414. The first-order valence-electron chi connectivity index (χ1n) is 12.3. The zero-order valence-electron chi connectivity index (χ0n) is 19.0. The van der Waals surface area contributed by atoms with E-state index < -0.39 is 0 Å². The number of nitrogens with zero attached hydrogens (tertiary/aromatic N) is 3. The fraction of sp³-hybridized carbons (Fsp3) is 0.538. The molecular formula is C26H31FN4O2. The van der Waals surface area contributed by atoms with Gasteiger partial charge in [-0.25, -0.2) is 9.37 Å². The molecule has 2 saturated heterocycles. The van der Waals surface area contributed by atoms with Crippen LogP contribution in [0, 0.1) is 17.2 Å². The molecule has 2 aromatic rings. The summed E-state index contributed by atoms with van der Waals surface area (Å²) in [6.07, 6.45) is 8.83. The third-order valence-corrected chi connectivity index (χ3v) is 7.83. The largest absolute Gasteiger partial charge is 0.381 e. The number of hydrogen-bond donors (Lipinski definition) is 1. The van der Waals surface area contributed by atoms with Crippen LogP contribution in [0.3, 0.4) is 0 Å². The number of nitrogens with one attached hydrogen (secondary N) is 1. The lowest BCUT2D eigenvalue weighted by Gasteiger charge is -2.53. The number of anilines is 4. The molecule has 1 aromatic carbocycles. The molecule has 1 aliphatic carbocycles. The first-order valence-corrected chi connectivity index (χ1v) is 12.3. The quantitative estimate of drug-likeness (QED) is 0.697. The molecule has 6 rings (SSSR count). The summed E-state index contributed by atoms with van der Waals surface area (Å²) >= 11 is 0. The van der Waals surface area contributed by atoms with E-state index in [1.165, 1.54) is 25.1 Å². The molecule has 6 nitrogen and oxygen atoms in total. The van der Waals surface area contributed by atoms with Crippen molar-refractivity contribution in [3.05, 3.63) is 41.8 Å². The van der Waals surface area contributed by atoms with Crippen LogP contribution in [0.15, 0.2) is 30.5 Å². The van der Waals surface area contributed by atoms with Gasteiger partial charge in [0.2, 0.25) is 5.91 Å². The molecule has 1 spiro atoms. The number of carbonyl (C=O) groups is 1. The van der Waals surface area contributed by atoms with Crippen molar-refractivity contribution >= 4 is 28.8 Å². The lowest BCUT2D eigenvalue weighted by atomic mass is 9.75.